The standard InChI is InChI=1S/C19H23N3O3S/c1-12-16(19(2,3)4)26-18(21(12)11-13-8-9-13)20-17(23)14-6-5-7-15(10-14)22(24)25/h5-7,10,13H,8-9,11H2,1-4H3/b20-18-. The van der Waals surface area contributed by atoms with E-state index in [2.05, 4.69) is 37.3 Å². The summed E-state index contributed by atoms with van der Waals surface area (Å²) in [6, 6.07) is 5.73. The number of aromatic nitrogens is 1. The highest BCUT2D eigenvalue weighted by atomic mass is 32.1. The van der Waals surface area contributed by atoms with E-state index in [1.54, 1.807) is 6.07 Å². The molecule has 1 saturated carbocycles. The van der Waals surface area contributed by atoms with E-state index in [0.717, 1.165) is 12.2 Å². The van der Waals surface area contributed by atoms with E-state index in [1.807, 2.05) is 0 Å². The van der Waals surface area contributed by atoms with E-state index in [1.165, 1.54) is 47.3 Å². The number of hydrogen-bond acceptors (Lipinski definition) is 4. The van der Waals surface area contributed by atoms with Crippen LogP contribution >= 0.6 is 11.3 Å². The number of nitro benzene ring substituents is 1. The molecule has 3 rings (SSSR count). The second-order valence-electron chi connectivity index (χ2n) is 7.83. The molecule has 0 saturated heterocycles. The number of carbonyl (C=O) groups excluding carboxylic acids is 1. The molecule has 0 atom stereocenters. The van der Waals surface area contributed by atoms with Gasteiger partial charge in [-0.25, -0.2) is 0 Å². The fourth-order valence-corrected chi connectivity index (χ4v) is 4.14. The van der Waals surface area contributed by atoms with E-state index in [9.17, 15) is 14.9 Å². The fourth-order valence-electron chi connectivity index (χ4n) is 2.94. The number of non-ortho nitro benzene ring substituents is 1. The summed E-state index contributed by atoms with van der Waals surface area (Å²) in [7, 11) is 0. The third kappa shape index (κ3) is 3.93. The SMILES string of the molecule is Cc1c(C(C)(C)C)s/c(=N\C(=O)c2cccc([N+](=O)[O-])c2)n1CC1CC1. The Morgan fingerprint density at radius 3 is 2.65 bits per heavy atom. The Morgan fingerprint density at radius 1 is 1.38 bits per heavy atom. The number of rotatable bonds is 4. The first-order valence-electron chi connectivity index (χ1n) is 8.71. The summed E-state index contributed by atoms with van der Waals surface area (Å²) < 4.78 is 2.14. The van der Waals surface area contributed by atoms with Crippen molar-refractivity contribution in [1.82, 2.24) is 4.57 Å². The van der Waals surface area contributed by atoms with Gasteiger partial charge in [-0.1, -0.05) is 26.8 Å². The molecule has 0 spiro atoms. The van der Waals surface area contributed by atoms with Crippen molar-refractivity contribution < 1.29 is 9.72 Å². The van der Waals surface area contributed by atoms with Gasteiger partial charge in [0.25, 0.3) is 11.6 Å². The quantitative estimate of drug-likeness (QED) is 0.595. The molecule has 1 fully saturated rings. The molecule has 0 unspecified atom stereocenters. The highest BCUT2D eigenvalue weighted by Gasteiger charge is 2.27. The van der Waals surface area contributed by atoms with Gasteiger partial charge in [-0.15, -0.1) is 11.3 Å². The van der Waals surface area contributed by atoms with Crippen molar-refractivity contribution in [2.45, 2.75) is 52.5 Å². The molecule has 2 aromatic rings. The minimum absolute atomic E-state index is 0.0254. The molecule has 138 valence electrons. The summed E-state index contributed by atoms with van der Waals surface area (Å²) in [5.74, 6) is 0.211. The van der Waals surface area contributed by atoms with Crippen molar-refractivity contribution in [2.75, 3.05) is 0 Å². The lowest BCUT2D eigenvalue weighted by Crippen LogP contribution is -2.19. The minimum atomic E-state index is -0.503. The third-order valence-electron chi connectivity index (χ3n) is 4.48. The molecule has 0 N–H and O–H groups in total. The second kappa shape index (κ2) is 6.79. The van der Waals surface area contributed by atoms with Crippen LogP contribution in [0, 0.1) is 23.0 Å². The van der Waals surface area contributed by atoms with Gasteiger partial charge in [-0.2, -0.15) is 4.99 Å². The minimum Gasteiger partial charge on any atom is -0.320 e. The summed E-state index contributed by atoms with van der Waals surface area (Å²) in [5.41, 5.74) is 1.26. The van der Waals surface area contributed by atoms with E-state index < -0.39 is 10.8 Å². The van der Waals surface area contributed by atoms with Crippen LogP contribution in [0.4, 0.5) is 5.69 Å². The first kappa shape index (κ1) is 18.5. The number of thiazole rings is 1. The molecule has 1 aromatic carbocycles. The number of nitrogens with zero attached hydrogens (tertiary/aromatic N) is 3. The molecule has 0 bridgehead atoms. The third-order valence-corrected chi connectivity index (χ3v) is 6.08. The number of benzene rings is 1. The Hall–Kier alpha value is -2.28. The summed E-state index contributed by atoms with van der Waals surface area (Å²) in [4.78, 5) is 29.3. The first-order chi connectivity index (χ1) is 12.2. The zero-order chi connectivity index (χ0) is 19.1. The monoisotopic (exact) mass is 373 g/mol. The predicted molar refractivity (Wildman–Crippen MR) is 101 cm³/mol. The zero-order valence-corrected chi connectivity index (χ0v) is 16.3. The first-order valence-corrected chi connectivity index (χ1v) is 9.52. The molecular weight excluding hydrogens is 350 g/mol. The van der Waals surface area contributed by atoms with Gasteiger partial charge < -0.3 is 4.57 Å². The zero-order valence-electron chi connectivity index (χ0n) is 15.5. The van der Waals surface area contributed by atoms with Crippen molar-refractivity contribution in [3.8, 4) is 0 Å². The molecule has 7 heteroatoms. The van der Waals surface area contributed by atoms with Gasteiger partial charge in [0.2, 0.25) is 0 Å². The van der Waals surface area contributed by atoms with Gasteiger partial charge in [0.05, 0.1) is 4.92 Å². The maximum absolute atomic E-state index is 12.6. The molecule has 0 aliphatic heterocycles. The number of hydrogen-bond donors (Lipinski definition) is 0. The van der Waals surface area contributed by atoms with Gasteiger partial charge in [0.1, 0.15) is 0 Å². The van der Waals surface area contributed by atoms with Crippen molar-refractivity contribution in [3.05, 3.63) is 55.3 Å². The second-order valence-corrected chi connectivity index (χ2v) is 8.81. The lowest BCUT2D eigenvalue weighted by molar-refractivity contribution is -0.384. The van der Waals surface area contributed by atoms with Crippen molar-refractivity contribution >= 4 is 22.9 Å². The fraction of sp³-hybridized carbons (Fsp3) is 0.474. The lowest BCUT2D eigenvalue weighted by atomic mass is 9.93. The van der Waals surface area contributed by atoms with Crippen LogP contribution in [0.2, 0.25) is 0 Å². The summed E-state index contributed by atoms with van der Waals surface area (Å²) in [6.45, 7) is 9.41. The topological polar surface area (TPSA) is 77.5 Å². The Labute approximate surface area is 156 Å². The highest BCUT2D eigenvalue weighted by molar-refractivity contribution is 7.09. The Balaban J connectivity index is 2.05. The van der Waals surface area contributed by atoms with Crippen LogP contribution in [0.3, 0.4) is 0 Å². The molecule has 1 aliphatic rings. The maximum atomic E-state index is 12.6. The van der Waals surface area contributed by atoms with E-state index in [4.69, 9.17) is 0 Å². The molecule has 1 aromatic heterocycles. The van der Waals surface area contributed by atoms with Crippen LogP contribution in [0.25, 0.3) is 0 Å². The van der Waals surface area contributed by atoms with Crippen LogP contribution < -0.4 is 4.80 Å². The number of carbonyl (C=O) groups is 1. The van der Waals surface area contributed by atoms with Gasteiger partial charge >= 0.3 is 0 Å². The summed E-state index contributed by atoms with van der Waals surface area (Å²) in [6.07, 6.45) is 2.43. The average Bonchev–Trinajstić information content (AvgIpc) is 3.33. The number of amides is 1. The van der Waals surface area contributed by atoms with Crippen LogP contribution in [0.5, 0.6) is 0 Å². The van der Waals surface area contributed by atoms with Crippen molar-refractivity contribution in [3.63, 3.8) is 0 Å². The number of nitro groups is 1. The van der Waals surface area contributed by atoms with Gasteiger partial charge in [0.15, 0.2) is 4.80 Å². The van der Waals surface area contributed by atoms with E-state index in [0.29, 0.717) is 10.7 Å². The normalized spacial score (nSPS) is 15.3. The van der Waals surface area contributed by atoms with Gasteiger partial charge in [-0.3, -0.25) is 14.9 Å². The maximum Gasteiger partial charge on any atom is 0.279 e. The van der Waals surface area contributed by atoms with Crippen LogP contribution in [-0.2, 0) is 12.0 Å². The molecule has 6 nitrogen and oxygen atoms in total. The lowest BCUT2D eigenvalue weighted by Gasteiger charge is -2.17. The van der Waals surface area contributed by atoms with Crippen molar-refractivity contribution in [2.24, 2.45) is 10.9 Å². The smallest absolute Gasteiger partial charge is 0.279 e. The van der Waals surface area contributed by atoms with Crippen molar-refractivity contribution in [1.29, 1.82) is 0 Å². The van der Waals surface area contributed by atoms with E-state index >= 15 is 0 Å². The van der Waals surface area contributed by atoms with Gasteiger partial charge in [0, 0.05) is 34.8 Å². The Bertz CT molecular complexity index is 930. The van der Waals surface area contributed by atoms with E-state index in [-0.39, 0.29) is 16.7 Å². The largest absolute Gasteiger partial charge is 0.320 e. The van der Waals surface area contributed by atoms with Crippen LogP contribution in [0.15, 0.2) is 29.3 Å². The van der Waals surface area contributed by atoms with Crippen LogP contribution in [-0.4, -0.2) is 15.4 Å². The van der Waals surface area contributed by atoms with Gasteiger partial charge in [-0.05, 0) is 37.2 Å². The van der Waals surface area contributed by atoms with Crippen LogP contribution in [0.1, 0.15) is 54.5 Å². The molecular formula is C19H23N3O3S. The summed E-state index contributed by atoms with van der Waals surface area (Å²) >= 11 is 1.54. The summed E-state index contributed by atoms with van der Waals surface area (Å²) in [5, 5.41) is 10.9. The molecule has 1 amide bonds. The highest BCUT2D eigenvalue weighted by Crippen LogP contribution is 2.33. The predicted octanol–water partition coefficient (Wildman–Crippen LogP) is 4.21. The molecule has 0 radical (unpaired) electrons. The Kier molecular flexibility index (Phi) is 4.84. The Morgan fingerprint density at radius 2 is 2.08 bits per heavy atom. The average molecular weight is 373 g/mol. The molecule has 26 heavy (non-hydrogen) atoms. The molecule has 1 aliphatic carbocycles. The molecule has 1 heterocycles.